The van der Waals surface area contributed by atoms with Crippen LogP contribution in [0.3, 0.4) is 0 Å². The first-order valence-electron chi connectivity index (χ1n) is 3.67. The van der Waals surface area contributed by atoms with Crippen LogP contribution in [0.4, 0.5) is 6.01 Å². The number of rotatable bonds is 2. The van der Waals surface area contributed by atoms with Crippen LogP contribution in [0.1, 0.15) is 12.3 Å². The average Bonchev–Trinajstić information content (AvgIpc) is 2.32. The summed E-state index contributed by atoms with van der Waals surface area (Å²) in [6.07, 6.45) is 1.21. The van der Waals surface area contributed by atoms with Crippen LogP contribution in [0.2, 0.25) is 0 Å². The highest BCUT2D eigenvalue weighted by Crippen LogP contribution is 2.17. The summed E-state index contributed by atoms with van der Waals surface area (Å²) in [7, 11) is 0. The number of nitrogens with two attached hydrogens (primary N) is 1. The first kappa shape index (κ1) is 6.60. The van der Waals surface area contributed by atoms with Gasteiger partial charge in [0.25, 0.3) is 0 Å². The molecule has 0 unspecified atom stereocenters. The minimum atomic E-state index is 0.320. The van der Waals surface area contributed by atoms with Crippen molar-refractivity contribution >= 4 is 6.01 Å². The molecule has 0 aliphatic carbocycles. The highest BCUT2D eigenvalue weighted by molar-refractivity contribution is 5.27. The number of hydrogen-bond donors (Lipinski definition) is 1. The lowest BCUT2D eigenvalue weighted by Crippen LogP contribution is -2.37. The van der Waals surface area contributed by atoms with E-state index in [1.165, 1.54) is 6.42 Å². The third-order valence-corrected chi connectivity index (χ3v) is 1.76. The van der Waals surface area contributed by atoms with E-state index in [2.05, 4.69) is 10.2 Å². The molecule has 1 aliphatic rings. The minimum absolute atomic E-state index is 0.320. The molecule has 2 rings (SSSR count). The number of hydrogen-bond acceptors (Lipinski definition) is 5. The normalized spacial score (nSPS) is 16.6. The van der Waals surface area contributed by atoms with Crippen LogP contribution in [0.15, 0.2) is 4.42 Å². The lowest BCUT2D eigenvalue weighted by atomic mass is 10.2. The monoisotopic (exact) mass is 154 g/mol. The van der Waals surface area contributed by atoms with Gasteiger partial charge in [0.15, 0.2) is 0 Å². The zero-order valence-corrected chi connectivity index (χ0v) is 6.16. The Balaban J connectivity index is 2.11. The maximum absolute atomic E-state index is 5.31. The maximum Gasteiger partial charge on any atom is 0.318 e. The molecule has 0 bridgehead atoms. The molecule has 0 amide bonds. The molecule has 1 fully saturated rings. The summed E-state index contributed by atoms with van der Waals surface area (Å²) in [5.41, 5.74) is 5.31. The van der Waals surface area contributed by atoms with Gasteiger partial charge in [-0.2, -0.15) is 0 Å². The quantitative estimate of drug-likeness (QED) is 0.635. The summed E-state index contributed by atoms with van der Waals surface area (Å²) in [5, 5.41) is 7.59. The Bertz CT molecular complexity index is 242. The van der Waals surface area contributed by atoms with Crippen molar-refractivity contribution in [3.05, 3.63) is 5.89 Å². The molecular formula is C6H10N4O. The van der Waals surface area contributed by atoms with Gasteiger partial charge in [0.05, 0.1) is 6.54 Å². The topological polar surface area (TPSA) is 68.2 Å². The molecule has 0 spiro atoms. The van der Waals surface area contributed by atoms with E-state index in [0.717, 1.165) is 13.1 Å². The lowest BCUT2D eigenvalue weighted by Gasteiger charge is -2.28. The van der Waals surface area contributed by atoms with Crippen LogP contribution in [0, 0.1) is 0 Å². The van der Waals surface area contributed by atoms with Gasteiger partial charge in [0.1, 0.15) is 0 Å². The van der Waals surface area contributed by atoms with Crippen molar-refractivity contribution in [3.8, 4) is 0 Å². The molecule has 0 aromatic carbocycles. The van der Waals surface area contributed by atoms with E-state index in [1.807, 2.05) is 4.90 Å². The van der Waals surface area contributed by atoms with Gasteiger partial charge in [0.2, 0.25) is 5.89 Å². The molecule has 60 valence electrons. The van der Waals surface area contributed by atoms with E-state index in [9.17, 15) is 0 Å². The molecule has 1 aromatic rings. The molecule has 2 N–H and O–H groups in total. The van der Waals surface area contributed by atoms with Gasteiger partial charge < -0.3 is 15.1 Å². The van der Waals surface area contributed by atoms with E-state index >= 15 is 0 Å². The van der Waals surface area contributed by atoms with Crippen molar-refractivity contribution in [2.45, 2.75) is 13.0 Å². The van der Waals surface area contributed by atoms with Crippen LogP contribution in [0.5, 0.6) is 0 Å². The van der Waals surface area contributed by atoms with Crippen molar-refractivity contribution in [1.82, 2.24) is 10.2 Å². The Labute approximate surface area is 64.2 Å². The fourth-order valence-corrected chi connectivity index (χ4v) is 0.963. The number of anilines is 1. The van der Waals surface area contributed by atoms with Crippen LogP contribution >= 0.6 is 0 Å². The smallest absolute Gasteiger partial charge is 0.318 e. The maximum atomic E-state index is 5.31. The van der Waals surface area contributed by atoms with Crippen molar-refractivity contribution in [2.75, 3.05) is 18.0 Å². The SMILES string of the molecule is NCc1nnc(N2CCC2)o1. The average molecular weight is 154 g/mol. The Hall–Kier alpha value is -1.10. The van der Waals surface area contributed by atoms with Crippen LogP contribution in [-0.4, -0.2) is 23.3 Å². The van der Waals surface area contributed by atoms with Crippen LogP contribution in [-0.2, 0) is 6.54 Å². The summed E-state index contributed by atoms with van der Waals surface area (Å²) in [5.74, 6) is 0.506. The lowest BCUT2D eigenvalue weighted by molar-refractivity contribution is 0.458. The molecule has 0 radical (unpaired) electrons. The standard InChI is InChI=1S/C6H10N4O/c7-4-5-8-9-6(11-5)10-2-1-3-10/h1-4,7H2. The molecular weight excluding hydrogens is 144 g/mol. The van der Waals surface area contributed by atoms with Crippen molar-refractivity contribution in [1.29, 1.82) is 0 Å². The van der Waals surface area contributed by atoms with Crippen LogP contribution < -0.4 is 10.6 Å². The molecule has 0 atom stereocenters. The van der Waals surface area contributed by atoms with Gasteiger partial charge in [-0.05, 0) is 6.42 Å². The Morgan fingerprint density at radius 3 is 2.73 bits per heavy atom. The largest absolute Gasteiger partial charge is 0.407 e. The second-order valence-corrected chi connectivity index (χ2v) is 2.52. The molecule has 2 heterocycles. The third-order valence-electron chi connectivity index (χ3n) is 1.76. The van der Waals surface area contributed by atoms with Gasteiger partial charge in [-0.3, -0.25) is 0 Å². The zero-order valence-electron chi connectivity index (χ0n) is 6.16. The highest BCUT2D eigenvalue weighted by atomic mass is 16.4. The molecule has 5 heteroatoms. The molecule has 1 aliphatic heterocycles. The first-order valence-corrected chi connectivity index (χ1v) is 3.67. The van der Waals surface area contributed by atoms with E-state index in [1.54, 1.807) is 0 Å². The highest BCUT2D eigenvalue weighted by Gasteiger charge is 2.19. The molecule has 11 heavy (non-hydrogen) atoms. The Morgan fingerprint density at radius 2 is 2.27 bits per heavy atom. The van der Waals surface area contributed by atoms with Crippen molar-refractivity contribution in [3.63, 3.8) is 0 Å². The molecule has 0 saturated carbocycles. The fraction of sp³-hybridized carbons (Fsp3) is 0.667. The molecule has 1 saturated heterocycles. The fourth-order valence-electron chi connectivity index (χ4n) is 0.963. The van der Waals surface area contributed by atoms with Gasteiger partial charge in [-0.25, -0.2) is 0 Å². The zero-order chi connectivity index (χ0) is 7.68. The Kier molecular flexibility index (Phi) is 1.50. The number of aromatic nitrogens is 2. The van der Waals surface area contributed by atoms with E-state index in [-0.39, 0.29) is 0 Å². The summed E-state index contributed by atoms with van der Waals surface area (Å²) in [4.78, 5) is 2.03. The third kappa shape index (κ3) is 1.07. The minimum Gasteiger partial charge on any atom is -0.407 e. The van der Waals surface area contributed by atoms with Crippen LogP contribution in [0.25, 0.3) is 0 Å². The van der Waals surface area contributed by atoms with Gasteiger partial charge in [0, 0.05) is 13.1 Å². The molecule has 1 aromatic heterocycles. The van der Waals surface area contributed by atoms with E-state index in [4.69, 9.17) is 10.2 Å². The van der Waals surface area contributed by atoms with Gasteiger partial charge in [-0.1, -0.05) is 5.10 Å². The summed E-state index contributed by atoms with van der Waals surface area (Å²) >= 11 is 0. The molecule has 5 nitrogen and oxygen atoms in total. The second-order valence-electron chi connectivity index (χ2n) is 2.52. The van der Waals surface area contributed by atoms with E-state index < -0.39 is 0 Å². The predicted octanol–water partition coefficient (Wildman–Crippen LogP) is -0.262. The van der Waals surface area contributed by atoms with Crippen molar-refractivity contribution in [2.24, 2.45) is 5.73 Å². The number of nitrogens with zero attached hydrogens (tertiary/aromatic N) is 3. The predicted molar refractivity (Wildman–Crippen MR) is 39.0 cm³/mol. The summed E-state index contributed by atoms with van der Waals surface area (Å²) in [6.45, 7) is 2.36. The van der Waals surface area contributed by atoms with Gasteiger partial charge in [-0.15, -0.1) is 5.10 Å². The Morgan fingerprint density at radius 1 is 1.45 bits per heavy atom. The van der Waals surface area contributed by atoms with Gasteiger partial charge >= 0.3 is 6.01 Å². The second kappa shape index (κ2) is 2.50. The van der Waals surface area contributed by atoms with E-state index in [0.29, 0.717) is 18.5 Å². The van der Waals surface area contributed by atoms with Crippen molar-refractivity contribution < 1.29 is 4.42 Å². The summed E-state index contributed by atoms with van der Waals surface area (Å²) in [6, 6.07) is 0.608. The summed E-state index contributed by atoms with van der Waals surface area (Å²) < 4.78 is 5.22. The first-order chi connectivity index (χ1) is 5.40.